The number of anilines is 1. The molecule has 1 fully saturated rings. The fourth-order valence-corrected chi connectivity index (χ4v) is 3.62. The van der Waals surface area contributed by atoms with Gasteiger partial charge in [0.15, 0.2) is 5.96 Å². The van der Waals surface area contributed by atoms with Crippen molar-refractivity contribution in [2.24, 2.45) is 4.99 Å². The van der Waals surface area contributed by atoms with E-state index in [0.29, 0.717) is 5.96 Å². The lowest BCUT2D eigenvalue weighted by atomic mass is 10.1. The standard InChI is InChI=1S/C22H29ClN4O2/c1-3-24-22(25-14-21(28)16-6-4-9-20(12-16)29-2)26-18-10-11-27(15-18)19-8-5-7-17(23)13-19/h4-9,12-13,18,21,28H,3,10-11,14-15H2,1-2H3,(H2,24,25,26). The van der Waals surface area contributed by atoms with Crippen LogP contribution in [0.5, 0.6) is 5.75 Å². The number of nitrogens with one attached hydrogen (secondary N) is 2. The van der Waals surface area contributed by atoms with E-state index in [1.54, 1.807) is 7.11 Å². The fraction of sp³-hybridized carbons (Fsp3) is 0.409. The molecule has 6 nitrogen and oxygen atoms in total. The summed E-state index contributed by atoms with van der Waals surface area (Å²) in [5, 5.41) is 18.0. The maximum atomic E-state index is 10.5. The van der Waals surface area contributed by atoms with Gasteiger partial charge in [-0.3, -0.25) is 4.99 Å². The van der Waals surface area contributed by atoms with E-state index in [0.717, 1.165) is 48.1 Å². The quantitative estimate of drug-likeness (QED) is 0.477. The van der Waals surface area contributed by atoms with E-state index in [4.69, 9.17) is 16.3 Å². The molecule has 7 heteroatoms. The predicted molar refractivity (Wildman–Crippen MR) is 119 cm³/mol. The van der Waals surface area contributed by atoms with Crippen LogP contribution in [0, 0.1) is 0 Å². The Balaban J connectivity index is 1.59. The number of nitrogens with zero attached hydrogens (tertiary/aromatic N) is 2. The minimum absolute atomic E-state index is 0.271. The third-order valence-corrected chi connectivity index (χ3v) is 5.18. The number of hydrogen-bond donors (Lipinski definition) is 3. The Morgan fingerprint density at radius 2 is 2.14 bits per heavy atom. The molecule has 0 radical (unpaired) electrons. The van der Waals surface area contributed by atoms with Crippen molar-refractivity contribution >= 4 is 23.2 Å². The first-order valence-corrected chi connectivity index (χ1v) is 10.3. The lowest BCUT2D eigenvalue weighted by molar-refractivity contribution is 0.186. The normalized spacial score (nSPS) is 17.9. The van der Waals surface area contributed by atoms with E-state index < -0.39 is 6.10 Å². The van der Waals surface area contributed by atoms with Gasteiger partial charge >= 0.3 is 0 Å². The summed E-state index contributed by atoms with van der Waals surface area (Å²) in [5.74, 6) is 1.44. The summed E-state index contributed by atoms with van der Waals surface area (Å²) in [6.45, 7) is 4.90. The Morgan fingerprint density at radius 3 is 2.90 bits per heavy atom. The van der Waals surface area contributed by atoms with Crippen molar-refractivity contribution in [1.82, 2.24) is 10.6 Å². The minimum Gasteiger partial charge on any atom is -0.497 e. The Hall–Kier alpha value is -2.44. The summed E-state index contributed by atoms with van der Waals surface area (Å²) < 4.78 is 5.23. The largest absolute Gasteiger partial charge is 0.497 e. The molecule has 2 aromatic carbocycles. The molecule has 0 bridgehead atoms. The van der Waals surface area contributed by atoms with Crippen molar-refractivity contribution in [3.8, 4) is 5.75 Å². The van der Waals surface area contributed by atoms with Crippen LogP contribution < -0.4 is 20.3 Å². The number of ether oxygens (including phenoxy) is 1. The maximum absolute atomic E-state index is 10.5. The van der Waals surface area contributed by atoms with Crippen molar-refractivity contribution in [1.29, 1.82) is 0 Å². The summed E-state index contributed by atoms with van der Waals surface area (Å²) in [7, 11) is 1.62. The number of aliphatic imine (C=N–C) groups is 1. The minimum atomic E-state index is -0.688. The molecule has 1 aliphatic rings. The summed E-state index contributed by atoms with van der Waals surface area (Å²) in [4.78, 5) is 6.90. The molecule has 2 aromatic rings. The zero-order chi connectivity index (χ0) is 20.6. The van der Waals surface area contributed by atoms with Gasteiger partial charge in [0.25, 0.3) is 0 Å². The highest BCUT2D eigenvalue weighted by molar-refractivity contribution is 6.30. The number of rotatable bonds is 7. The Labute approximate surface area is 177 Å². The van der Waals surface area contributed by atoms with Crippen LogP contribution in [0.3, 0.4) is 0 Å². The molecule has 0 amide bonds. The van der Waals surface area contributed by atoms with Crippen LogP contribution in [0.4, 0.5) is 5.69 Å². The third-order valence-electron chi connectivity index (χ3n) is 4.95. The number of guanidine groups is 1. The second-order valence-electron chi connectivity index (χ2n) is 7.07. The molecule has 0 aliphatic carbocycles. The third kappa shape index (κ3) is 6.02. The van der Waals surface area contributed by atoms with E-state index in [9.17, 15) is 5.11 Å². The number of aliphatic hydroxyl groups is 1. The molecule has 29 heavy (non-hydrogen) atoms. The van der Waals surface area contributed by atoms with Crippen LogP contribution >= 0.6 is 11.6 Å². The first-order valence-electron chi connectivity index (χ1n) is 9.96. The van der Waals surface area contributed by atoms with Crippen molar-refractivity contribution in [2.75, 3.05) is 38.2 Å². The zero-order valence-electron chi connectivity index (χ0n) is 16.9. The van der Waals surface area contributed by atoms with Gasteiger partial charge in [0.05, 0.1) is 19.8 Å². The molecule has 0 spiro atoms. The molecular formula is C22H29ClN4O2. The predicted octanol–water partition coefficient (Wildman–Crippen LogP) is 3.22. The number of halogens is 1. The van der Waals surface area contributed by atoms with Gasteiger partial charge in [-0.15, -0.1) is 0 Å². The lowest BCUT2D eigenvalue weighted by Gasteiger charge is -2.21. The number of methoxy groups -OCH3 is 1. The summed E-state index contributed by atoms with van der Waals surface area (Å²) in [6, 6.07) is 15.7. The highest BCUT2D eigenvalue weighted by atomic mass is 35.5. The second kappa shape index (κ2) is 10.4. The van der Waals surface area contributed by atoms with Gasteiger partial charge in [-0.05, 0) is 49.2 Å². The summed E-state index contributed by atoms with van der Waals surface area (Å²) in [6.07, 6.45) is 0.321. The number of hydrogen-bond acceptors (Lipinski definition) is 4. The first-order chi connectivity index (χ1) is 14.1. The van der Waals surface area contributed by atoms with Crippen molar-refractivity contribution < 1.29 is 9.84 Å². The Bertz CT molecular complexity index is 830. The van der Waals surface area contributed by atoms with Crippen LogP contribution in [-0.2, 0) is 0 Å². The monoisotopic (exact) mass is 416 g/mol. The average molecular weight is 417 g/mol. The SMILES string of the molecule is CCNC(=NCC(O)c1cccc(OC)c1)NC1CCN(c2cccc(Cl)c2)C1. The van der Waals surface area contributed by atoms with Gasteiger partial charge in [-0.1, -0.05) is 29.8 Å². The van der Waals surface area contributed by atoms with Crippen LogP contribution in [0.2, 0.25) is 5.02 Å². The van der Waals surface area contributed by atoms with E-state index >= 15 is 0 Å². The highest BCUT2D eigenvalue weighted by Gasteiger charge is 2.23. The van der Waals surface area contributed by atoms with Crippen molar-refractivity contribution in [2.45, 2.75) is 25.5 Å². The average Bonchev–Trinajstić information content (AvgIpc) is 3.20. The molecule has 1 heterocycles. The molecule has 1 aliphatic heterocycles. The first kappa shape index (κ1) is 21.3. The Morgan fingerprint density at radius 1 is 1.31 bits per heavy atom. The summed E-state index contributed by atoms with van der Waals surface area (Å²) >= 11 is 6.12. The topological polar surface area (TPSA) is 69.1 Å². The van der Waals surface area contributed by atoms with Crippen molar-refractivity contribution in [3.05, 3.63) is 59.1 Å². The molecule has 3 rings (SSSR count). The van der Waals surface area contributed by atoms with Crippen LogP contribution in [0.1, 0.15) is 25.0 Å². The fourth-order valence-electron chi connectivity index (χ4n) is 3.43. The van der Waals surface area contributed by atoms with Crippen LogP contribution in [0.25, 0.3) is 0 Å². The lowest BCUT2D eigenvalue weighted by Crippen LogP contribution is -2.44. The van der Waals surface area contributed by atoms with E-state index in [1.807, 2.05) is 49.4 Å². The molecule has 156 valence electrons. The van der Waals surface area contributed by atoms with E-state index in [-0.39, 0.29) is 12.6 Å². The molecule has 0 saturated carbocycles. The number of benzene rings is 2. The van der Waals surface area contributed by atoms with Gasteiger partial charge in [0.2, 0.25) is 0 Å². The van der Waals surface area contributed by atoms with Gasteiger partial charge in [-0.25, -0.2) is 0 Å². The molecular weight excluding hydrogens is 388 g/mol. The zero-order valence-corrected chi connectivity index (χ0v) is 17.7. The molecule has 2 atom stereocenters. The molecule has 1 saturated heterocycles. The maximum Gasteiger partial charge on any atom is 0.191 e. The molecule has 3 N–H and O–H groups in total. The van der Waals surface area contributed by atoms with Crippen molar-refractivity contribution in [3.63, 3.8) is 0 Å². The van der Waals surface area contributed by atoms with Gasteiger partial charge < -0.3 is 25.4 Å². The summed E-state index contributed by atoms with van der Waals surface area (Å²) in [5.41, 5.74) is 1.93. The molecule has 0 aromatic heterocycles. The van der Waals surface area contributed by atoms with Gasteiger partial charge in [0, 0.05) is 36.4 Å². The Kier molecular flexibility index (Phi) is 7.61. The van der Waals surface area contributed by atoms with E-state index in [1.165, 1.54) is 0 Å². The van der Waals surface area contributed by atoms with Gasteiger partial charge in [0.1, 0.15) is 5.75 Å². The smallest absolute Gasteiger partial charge is 0.191 e. The second-order valence-corrected chi connectivity index (χ2v) is 7.50. The van der Waals surface area contributed by atoms with Gasteiger partial charge in [-0.2, -0.15) is 0 Å². The number of aliphatic hydroxyl groups excluding tert-OH is 1. The molecule has 2 unspecified atom stereocenters. The van der Waals surface area contributed by atoms with Crippen LogP contribution in [-0.4, -0.2) is 50.4 Å². The van der Waals surface area contributed by atoms with E-state index in [2.05, 4.69) is 26.6 Å². The van der Waals surface area contributed by atoms with Crippen LogP contribution in [0.15, 0.2) is 53.5 Å². The highest BCUT2D eigenvalue weighted by Crippen LogP contribution is 2.23.